The second-order valence-corrected chi connectivity index (χ2v) is 5.39. The van der Waals surface area contributed by atoms with E-state index in [0.717, 1.165) is 16.1 Å². The third kappa shape index (κ3) is 2.73. The third-order valence-electron chi connectivity index (χ3n) is 2.69. The van der Waals surface area contributed by atoms with Gasteiger partial charge in [-0.1, -0.05) is 28.1 Å². The smallest absolute Gasteiger partial charge is 0.131 e. The van der Waals surface area contributed by atoms with Gasteiger partial charge in [0.15, 0.2) is 0 Å². The molecule has 0 aliphatic carbocycles. The van der Waals surface area contributed by atoms with Gasteiger partial charge in [-0.15, -0.1) is 11.6 Å². The molecule has 0 nitrogen and oxygen atoms in total. The van der Waals surface area contributed by atoms with E-state index in [1.807, 2.05) is 18.2 Å². The molecule has 1 atom stereocenters. The molecule has 0 spiro atoms. The van der Waals surface area contributed by atoms with E-state index in [1.165, 1.54) is 6.07 Å². The van der Waals surface area contributed by atoms with Crippen LogP contribution in [0.15, 0.2) is 40.9 Å². The Morgan fingerprint density at radius 1 is 1.11 bits per heavy atom. The minimum atomic E-state index is -0.637. The molecule has 0 aliphatic heterocycles. The highest BCUT2D eigenvalue weighted by Gasteiger charge is 2.17. The Labute approximate surface area is 118 Å². The van der Waals surface area contributed by atoms with E-state index in [0.29, 0.717) is 5.56 Å². The number of rotatable bonds is 2. The van der Waals surface area contributed by atoms with Gasteiger partial charge in [-0.25, -0.2) is 8.78 Å². The maximum absolute atomic E-state index is 13.7. The van der Waals surface area contributed by atoms with Crippen LogP contribution < -0.4 is 0 Å². The van der Waals surface area contributed by atoms with E-state index in [4.69, 9.17) is 11.6 Å². The molecule has 0 heterocycles. The van der Waals surface area contributed by atoms with E-state index < -0.39 is 17.0 Å². The predicted molar refractivity (Wildman–Crippen MR) is 72.9 cm³/mol. The standard InChI is InChI=1S/C14H10BrClF2/c1-8-5-11(13(18)7-12(8)17)14(16)9-3-2-4-10(15)6-9/h2-7,14H,1H3. The Morgan fingerprint density at radius 3 is 2.50 bits per heavy atom. The van der Waals surface area contributed by atoms with E-state index in [9.17, 15) is 8.78 Å². The van der Waals surface area contributed by atoms with Crippen LogP contribution in [0.4, 0.5) is 8.78 Å². The maximum atomic E-state index is 13.7. The highest BCUT2D eigenvalue weighted by molar-refractivity contribution is 9.10. The van der Waals surface area contributed by atoms with Crippen molar-refractivity contribution in [1.82, 2.24) is 0 Å². The van der Waals surface area contributed by atoms with Gasteiger partial charge in [0.2, 0.25) is 0 Å². The van der Waals surface area contributed by atoms with E-state index in [-0.39, 0.29) is 5.56 Å². The zero-order valence-corrected chi connectivity index (χ0v) is 11.9. The van der Waals surface area contributed by atoms with Crippen molar-refractivity contribution in [3.05, 3.63) is 69.2 Å². The molecule has 0 aliphatic rings. The van der Waals surface area contributed by atoms with Crippen LogP contribution in [0.3, 0.4) is 0 Å². The molecule has 0 saturated heterocycles. The lowest BCUT2D eigenvalue weighted by Crippen LogP contribution is -1.99. The predicted octanol–water partition coefficient (Wildman–Crippen LogP) is 5.36. The highest BCUT2D eigenvalue weighted by atomic mass is 79.9. The number of aryl methyl sites for hydroxylation is 1. The Morgan fingerprint density at radius 2 is 1.83 bits per heavy atom. The van der Waals surface area contributed by atoms with Crippen molar-refractivity contribution < 1.29 is 8.78 Å². The quantitative estimate of drug-likeness (QED) is 0.650. The molecule has 0 radical (unpaired) electrons. The molecule has 1 unspecified atom stereocenters. The molecule has 0 fully saturated rings. The number of halogens is 4. The van der Waals surface area contributed by atoms with Gasteiger partial charge in [-0.2, -0.15) is 0 Å². The summed E-state index contributed by atoms with van der Waals surface area (Å²) in [5, 5.41) is -0.637. The van der Waals surface area contributed by atoms with Crippen LogP contribution in [0.1, 0.15) is 22.1 Å². The van der Waals surface area contributed by atoms with Crippen LogP contribution in [0.2, 0.25) is 0 Å². The molecule has 0 amide bonds. The molecule has 2 aromatic carbocycles. The van der Waals surface area contributed by atoms with Gasteiger partial charge < -0.3 is 0 Å². The molecule has 0 saturated carbocycles. The summed E-state index contributed by atoms with van der Waals surface area (Å²) in [5.41, 5.74) is 1.43. The summed E-state index contributed by atoms with van der Waals surface area (Å²) in [6, 6.07) is 9.63. The zero-order valence-electron chi connectivity index (χ0n) is 9.55. The minimum absolute atomic E-state index is 0.286. The number of alkyl halides is 1. The summed E-state index contributed by atoms with van der Waals surface area (Å²) < 4.78 is 27.8. The lowest BCUT2D eigenvalue weighted by atomic mass is 10.0. The molecule has 0 aromatic heterocycles. The molecule has 0 bridgehead atoms. The first-order valence-corrected chi connectivity index (χ1v) is 6.57. The first kappa shape index (κ1) is 13.5. The van der Waals surface area contributed by atoms with Gasteiger partial charge in [0.1, 0.15) is 11.6 Å². The fourth-order valence-electron chi connectivity index (χ4n) is 1.72. The molecule has 2 rings (SSSR count). The normalized spacial score (nSPS) is 12.5. The van der Waals surface area contributed by atoms with Crippen molar-refractivity contribution in [3.8, 4) is 0 Å². The van der Waals surface area contributed by atoms with Gasteiger partial charge in [-0.05, 0) is 36.2 Å². The minimum Gasteiger partial charge on any atom is -0.207 e. The Kier molecular flexibility index (Phi) is 4.03. The lowest BCUT2D eigenvalue weighted by Gasteiger charge is -2.13. The van der Waals surface area contributed by atoms with E-state index >= 15 is 0 Å². The second-order valence-electron chi connectivity index (χ2n) is 4.04. The third-order valence-corrected chi connectivity index (χ3v) is 3.67. The van der Waals surface area contributed by atoms with Gasteiger partial charge in [0.05, 0.1) is 5.38 Å². The van der Waals surface area contributed by atoms with Gasteiger partial charge in [0.25, 0.3) is 0 Å². The summed E-state index contributed by atoms with van der Waals surface area (Å²) in [5.74, 6) is -1.19. The average Bonchev–Trinajstić information content (AvgIpc) is 2.33. The van der Waals surface area contributed by atoms with Crippen molar-refractivity contribution in [2.45, 2.75) is 12.3 Å². The van der Waals surface area contributed by atoms with Crippen LogP contribution in [-0.4, -0.2) is 0 Å². The number of hydrogen-bond donors (Lipinski definition) is 0. The Balaban J connectivity index is 2.46. The lowest BCUT2D eigenvalue weighted by molar-refractivity contribution is 0.568. The monoisotopic (exact) mass is 330 g/mol. The van der Waals surface area contributed by atoms with Crippen LogP contribution in [0, 0.1) is 18.6 Å². The maximum Gasteiger partial charge on any atom is 0.131 e. The SMILES string of the molecule is Cc1cc(C(Cl)c2cccc(Br)c2)c(F)cc1F. The van der Waals surface area contributed by atoms with Crippen LogP contribution in [0.5, 0.6) is 0 Å². The summed E-state index contributed by atoms with van der Waals surface area (Å²) in [7, 11) is 0. The molecule has 94 valence electrons. The molecular weight excluding hydrogens is 322 g/mol. The molecule has 2 aromatic rings. The van der Waals surface area contributed by atoms with Crippen molar-refractivity contribution in [3.63, 3.8) is 0 Å². The van der Waals surface area contributed by atoms with Gasteiger partial charge >= 0.3 is 0 Å². The van der Waals surface area contributed by atoms with Crippen molar-refractivity contribution in [2.75, 3.05) is 0 Å². The van der Waals surface area contributed by atoms with Crippen LogP contribution >= 0.6 is 27.5 Å². The van der Waals surface area contributed by atoms with Gasteiger partial charge in [0, 0.05) is 16.1 Å². The van der Waals surface area contributed by atoms with Crippen molar-refractivity contribution >= 4 is 27.5 Å². The van der Waals surface area contributed by atoms with Crippen LogP contribution in [-0.2, 0) is 0 Å². The first-order chi connectivity index (χ1) is 8.49. The molecule has 4 heteroatoms. The topological polar surface area (TPSA) is 0 Å². The van der Waals surface area contributed by atoms with Crippen molar-refractivity contribution in [1.29, 1.82) is 0 Å². The van der Waals surface area contributed by atoms with Gasteiger partial charge in [-0.3, -0.25) is 0 Å². The zero-order chi connectivity index (χ0) is 13.3. The largest absolute Gasteiger partial charge is 0.207 e. The number of hydrogen-bond acceptors (Lipinski definition) is 0. The highest BCUT2D eigenvalue weighted by Crippen LogP contribution is 2.32. The first-order valence-electron chi connectivity index (χ1n) is 5.34. The summed E-state index contributed by atoms with van der Waals surface area (Å²) in [4.78, 5) is 0. The van der Waals surface area contributed by atoms with Crippen LogP contribution in [0.25, 0.3) is 0 Å². The molecular formula is C14H10BrClF2. The average molecular weight is 332 g/mol. The second kappa shape index (κ2) is 5.37. The Bertz CT molecular complexity index is 584. The summed E-state index contributed by atoms with van der Waals surface area (Å²) in [6.07, 6.45) is 0. The van der Waals surface area contributed by atoms with E-state index in [2.05, 4.69) is 15.9 Å². The Hall–Kier alpha value is -0.930. The summed E-state index contributed by atoms with van der Waals surface area (Å²) >= 11 is 9.59. The molecule has 18 heavy (non-hydrogen) atoms. The summed E-state index contributed by atoms with van der Waals surface area (Å²) in [6.45, 7) is 1.59. The fraction of sp³-hybridized carbons (Fsp3) is 0.143. The number of benzene rings is 2. The van der Waals surface area contributed by atoms with Crippen molar-refractivity contribution in [2.24, 2.45) is 0 Å². The molecule has 0 N–H and O–H groups in total. The van der Waals surface area contributed by atoms with E-state index in [1.54, 1.807) is 13.0 Å². The fourth-order valence-corrected chi connectivity index (χ4v) is 2.44.